The maximum atomic E-state index is 4.62. The van der Waals surface area contributed by atoms with Crippen molar-refractivity contribution in [1.29, 1.82) is 0 Å². The third kappa shape index (κ3) is 7.44. The molecule has 1 saturated carbocycles. The van der Waals surface area contributed by atoms with Gasteiger partial charge in [0.15, 0.2) is 5.96 Å². The molecule has 1 aliphatic carbocycles. The summed E-state index contributed by atoms with van der Waals surface area (Å²) < 4.78 is 0. The van der Waals surface area contributed by atoms with Gasteiger partial charge >= 0.3 is 0 Å². The molecule has 0 aromatic rings. The van der Waals surface area contributed by atoms with E-state index in [9.17, 15) is 0 Å². The van der Waals surface area contributed by atoms with Crippen LogP contribution in [-0.2, 0) is 0 Å². The number of hydrogen-bond acceptors (Lipinski definition) is 1. The smallest absolute Gasteiger partial charge is 0.191 e. The molecule has 3 nitrogen and oxygen atoms in total. The normalized spacial score (nSPS) is 24.6. The van der Waals surface area contributed by atoms with Crippen molar-refractivity contribution in [2.45, 2.75) is 59.4 Å². The number of hydrogen-bond donors (Lipinski definition) is 2. The average Bonchev–Trinajstić information content (AvgIpc) is 2.29. The lowest BCUT2D eigenvalue weighted by molar-refractivity contribution is 0.329. The summed E-state index contributed by atoms with van der Waals surface area (Å²) in [7, 11) is 0. The zero-order valence-electron chi connectivity index (χ0n) is 12.3. The fourth-order valence-corrected chi connectivity index (χ4v) is 2.19. The van der Waals surface area contributed by atoms with Crippen LogP contribution in [0.4, 0.5) is 0 Å². The topological polar surface area (TPSA) is 36.4 Å². The van der Waals surface area contributed by atoms with Crippen LogP contribution in [0.3, 0.4) is 0 Å². The summed E-state index contributed by atoms with van der Waals surface area (Å²) in [6.45, 7) is 10.7. The maximum Gasteiger partial charge on any atom is 0.191 e. The zero-order chi connectivity index (χ0) is 12.7. The molecule has 0 amide bonds. The van der Waals surface area contributed by atoms with E-state index in [0.29, 0.717) is 12.0 Å². The molecule has 18 heavy (non-hydrogen) atoms. The first kappa shape index (κ1) is 18.0. The second-order valence-electron chi connectivity index (χ2n) is 5.71. The molecule has 0 aromatic carbocycles. The van der Waals surface area contributed by atoms with Gasteiger partial charge in [-0.05, 0) is 44.4 Å². The fraction of sp³-hybridized carbons (Fsp3) is 0.929. The highest BCUT2D eigenvalue weighted by Crippen LogP contribution is 2.23. The van der Waals surface area contributed by atoms with E-state index in [0.717, 1.165) is 25.0 Å². The van der Waals surface area contributed by atoms with Crippen LogP contribution in [0.25, 0.3) is 0 Å². The minimum atomic E-state index is 0. The summed E-state index contributed by atoms with van der Waals surface area (Å²) in [5, 5.41) is 6.91. The Balaban J connectivity index is 0.00000289. The van der Waals surface area contributed by atoms with Gasteiger partial charge in [-0.1, -0.05) is 20.8 Å². The summed E-state index contributed by atoms with van der Waals surface area (Å²) in [5.74, 6) is 2.53. The van der Waals surface area contributed by atoms with Crippen molar-refractivity contribution < 1.29 is 0 Å². The lowest BCUT2D eigenvalue weighted by Gasteiger charge is -2.28. The Kier molecular flexibility index (Phi) is 9.87. The van der Waals surface area contributed by atoms with Crippen molar-refractivity contribution in [2.75, 3.05) is 13.1 Å². The quantitative estimate of drug-likeness (QED) is 0.454. The van der Waals surface area contributed by atoms with E-state index in [1.807, 2.05) is 0 Å². The van der Waals surface area contributed by atoms with Crippen molar-refractivity contribution >= 4 is 29.9 Å². The van der Waals surface area contributed by atoms with Gasteiger partial charge in [-0.2, -0.15) is 0 Å². The molecule has 1 aliphatic rings. The van der Waals surface area contributed by atoms with Crippen LogP contribution < -0.4 is 10.6 Å². The second-order valence-corrected chi connectivity index (χ2v) is 5.71. The first-order valence-corrected chi connectivity index (χ1v) is 7.16. The van der Waals surface area contributed by atoms with E-state index < -0.39 is 0 Å². The molecule has 0 unspecified atom stereocenters. The first-order chi connectivity index (χ1) is 8.11. The predicted molar refractivity (Wildman–Crippen MR) is 90.8 cm³/mol. The SMILES string of the molecule is CCNC(=NCC(C)C)NC1CCC(C)CC1.I. The van der Waals surface area contributed by atoms with Crippen LogP contribution >= 0.6 is 24.0 Å². The van der Waals surface area contributed by atoms with Crippen molar-refractivity contribution in [3.05, 3.63) is 0 Å². The molecule has 1 rings (SSSR count). The molecular weight excluding hydrogens is 337 g/mol. The minimum Gasteiger partial charge on any atom is -0.357 e. The molecule has 0 saturated heterocycles. The van der Waals surface area contributed by atoms with E-state index in [2.05, 4.69) is 43.3 Å². The van der Waals surface area contributed by atoms with E-state index in [-0.39, 0.29) is 24.0 Å². The van der Waals surface area contributed by atoms with Crippen molar-refractivity contribution in [1.82, 2.24) is 10.6 Å². The summed E-state index contributed by atoms with van der Waals surface area (Å²) >= 11 is 0. The highest BCUT2D eigenvalue weighted by molar-refractivity contribution is 14.0. The maximum absolute atomic E-state index is 4.62. The van der Waals surface area contributed by atoms with E-state index in [1.54, 1.807) is 0 Å². The third-order valence-corrected chi connectivity index (χ3v) is 3.32. The van der Waals surface area contributed by atoms with Crippen LogP contribution in [0.5, 0.6) is 0 Å². The summed E-state index contributed by atoms with van der Waals surface area (Å²) in [5.41, 5.74) is 0. The molecule has 108 valence electrons. The van der Waals surface area contributed by atoms with Gasteiger partial charge in [0.25, 0.3) is 0 Å². The Labute approximate surface area is 130 Å². The van der Waals surface area contributed by atoms with Gasteiger partial charge in [0.05, 0.1) is 0 Å². The lowest BCUT2D eigenvalue weighted by Crippen LogP contribution is -2.44. The Morgan fingerprint density at radius 1 is 1.22 bits per heavy atom. The fourth-order valence-electron chi connectivity index (χ4n) is 2.19. The van der Waals surface area contributed by atoms with Gasteiger partial charge in [-0.3, -0.25) is 4.99 Å². The zero-order valence-corrected chi connectivity index (χ0v) is 14.7. The Hall–Kier alpha value is 0. The average molecular weight is 367 g/mol. The van der Waals surface area contributed by atoms with Gasteiger partial charge in [0.1, 0.15) is 0 Å². The van der Waals surface area contributed by atoms with Crippen LogP contribution in [0.15, 0.2) is 4.99 Å². The molecule has 0 spiro atoms. The van der Waals surface area contributed by atoms with Crippen LogP contribution in [0.2, 0.25) is 0 Å². The predicted octanol–water partition coefficient (Wildman–Crippen LogP) is 3.39. The molecule has 0 aliphatic heterocycles. The minimum absolute atomic E-state index is 0. The number of guanidine groups is 1. The number of rotatable bonds is 4. The van der Waals surface area contributed by atoms with E-state index >= 15 is 0 Å². The first-order valence-electron chi connectivity index (χ1n) is 7.16. The standard InChI is InChI=1S/C14H29N3.HI/c1-5-15-14(16-10-11(2)3)17-13-8-6-12(4)7-9-13;/h11-13H,5-10H2,1-4H3,(H2,15,16,17);1H. The van der Waals surface area contributed by atoms with Crippen LogP contribution in [0, 0.1) is 11.8 Å². The number of nitrogens with zero attached hydrogens (tertiary/aromatic N) is 1. The van der Waals surface area contributed by atoms with Gasteiger partial charge in [0.2, 0.25) is 0 Å². The third-order valence-electron chi connectivity index (χ3n) is 3.32. The van der Waals surface area contributed by atoms with Crippen molar-refractivity contribution in [3.8, 4) is 0 Å². The van der Waals surface area contributed by atoms with Gasteiger partial charge in [-0.25, -0.2) is 0 Å². The number of nitrogens with one attached hydrogen (secondary N) is 2. The van der Waals surface area contributed by atoms with Crippen molar-refractivity contribution in [2.24, 2.45) is 16.8 Å². The second kappa shape index (κ2) is 9.87. The van der Waals surface area contributed by atoms with Gasteiger partial charge in [-0.15, -0.1) is 24.0 Å². The Morgan fingerprint density at radius 3 is 2.33 bits per heavy atom. The molecule has 0 heterocycles. The van der Waals surface area contributed by atoms with E-state index in [1.165, 1.54) is 25.7 Å². The summed E-state index contributed by atoms with van der Waals surface area (Å²) in [6.07, 6.45) is 5.27. The Morgan fingerprint density at radius 2 is 1.83 bits per heavy atom. The van der Waals surface area contributed by atoms with E-state index in [4.69, 9.17) is 0 Å². The largest absolute Gasteiger partial charge is 0.357 e. The lowest BCUT2D eigenvalue weighted by atomic mass is 9.87. The highest BCUT2D eigenvalue weighted by atomic mass is 127. The van der Waals surface area contributed by atoms with Gasteiger partial charge in [0, 0.05) is 19.1 Å². The molecule has 4 heteroatoms. The molecule has 0 radical (unpaired) electrons. The molecule has 0 aromatic heterocycles. The van der Waals surface area contributed by atoms with Gasteiger partial charge < -0.3 is 10.6 Å². The molecular formula is C14H30IN3. The summed E-state index contributed by atoms with van der Waals surface area (Å²) in [4.78, 5) is 4.62. The molecule has 1 fully saturated rings. The Bertz CT molecular complexity index is 233. The highest BCUT2D eigenvalue weighted by Gasteiger charge is 2.18. The molecule has 0 atom stereocenters. The number of aliphatic imine (C=N–C) groups is 1. The van der Waals surface area contributed by atoms with Crippen molar-refractivity contribution in [3.63, 3.8) is 0 Å². The van der Waals surface area contributed by atoms with Crippen LogP contribution in [0.1, 0.15) is 53.4 Å². The molecule has 0 bridgehead atoms. The van der Waals surface area contributed by atoms with Crippen LogP contribution in [-0.4, -0.2) is 25.1 Å². The monoisotopic (exact) mass is 367 g/mol. The summed E-state index contributed by atoms with van der Waals surface area (Å²) in [6, 6.07) is 0.621. The molecule has 2 N–H and O–H groups in total. The number of halogens is 1.